The van der Waals surface area contributed by atoms with E-state index in [9.17, 15) is 14.0 Å². The van der Waals surface area contributed by atoms with Crippen LogP contribution in [-0.4, -0.2) is 32.9 Å². The molecule has 2 aliphatic carbocycles. The van der Waals surface area contributed by atoms with E-state index in [0.29, 0.717) is 12.1 Å². The fourth-order valence-electron chi connectivity index (χ4n) is 4.81. The van der Waals surface area contributed by atoms with E-state index in [0.717, 1.165) is 44.2 Å². The molecule has 2 amide bonds. The number of hydrogen-bond donors (Lipinski definition) is 2. The Hall–Kier alpha value is -3.34. The molecule has 4 rings (SSSR count). The van der Waals surface area contributed by atoms with Crippen LogP contribution in [0.3, 0.4) is 0 Å². The van der Waals surface area contributed by atoms with Gasteiger partial charge in [-0.15, -0.1) is 0 Å². The molecular weight excluding hydrogens is 385 g/mol. The topological polar surface area (TPSA) is 108 Å². The molecule has 1 heterocycles. The van der Waals surface area contributed by atoms with Crippen LogP contribution in [0.1, 0.15) is 70.6 Å². The van der Waals surface area contributed by atoms with Gasteiger partial charge in [0.25, 0.3) is 11.8 Å². The quantitative estimate of drug-likeness (QED) is 0.810. The van der Waals surface area contributed by atoms with Gasteiger partial charge in [0, 0.05) is 22.8 Å². The van der Waals surface area contributed by atoms with Crippen molar-refractivity contribution in [1.29, 1.82) is 5.26 Å². The monoisotopic (exact) mass is 407 g/mol. The molecule has 0 saturated heterocycles. The number of benzene rings is 1. The van der Waals surface area contributed by atoms with Gasteiger partial charge in [-0.1, -0.05) is 0 Å². The Labute approximate surface area is 173 Å². The number of nitrogens with zero attached hydrogens (tertiary/aromatic N) is 3. The largest absolute Gasteiger partial charge is 0.347 e. The van der Waals surface area contributed by atoms with E-state index < -0.39 is 22.8 Å². The first-order chi connectivity index (χ1) is 14.3. The highest BCUT2D eigenvalue weighted by Gasteiger charge is 2.52. The maximum Gasteiger partial charge on any atom is 0.271 e. The van der Waals surface area contributed by atoms with Gasteiger partial charge in [-0.05, 0) is 63.6 Å². The second-order valence-corrected chi connectivity index (χ2v) is 8.39. The van der Waals surface area contributed by atoms with E-state index >= 15 is 0 Å². The number of nitriles is 1. The predicted octanol–water partition coefficient (Wildman–Crippen LogP) is 2.80. The highest BCUT2D eigenvalue weighted by Crippen LogP contribution is 2.48. The predicted molar refractivity (Wildman–Crippen MR) is 106 cm³/mol. The van der Waals surface area contributed by atoms with Crippen LogP contribution in [0.2, 0.25) is 0 Å². The Bertz CT molecular complexity index is 1070. The van der Waals surface area contributed by atoms with Gasteiger partial charge < -0.3 is 10.6 Å². The third-order valence-electron chi connectivity index (χ3n) is 6.10. The zero-order valence-electron chi connectivity index (χ0n) is 16.7. The summed E-state index contributed by atoms with van der Waals surface area (Å²) in [4.78, 5) is 33.8. The molecule has 2 saturated carbocycles. The van der Waals surface area contributed by atoms with E-state index in [1.807, 2.05) is 6.07 Å². The molecule has 7 nitrogen and oxygen atoms in total. The van der Waals surface area contributed by atoms with Crippen LogP contribution in [0.15, 0.2) is 30.6 Å². The van der Waals surface area contributed by atoms with Crippen LogP contribution in [-0.2, 0) is 0 Å². The van der Waals surface area contributed by atoms with Crippen molar-refractivity contribution in [3.05, 3.63) is 58.9 Å². The molecule has 154 valence electrons. The Morgan fingerprint density at radius 1 is 1.07 bits per heavy atom. The average Bonchev–Trinajstić information content (AvgIpc) is 2.96. The lowest BCUT2D eigenvalue weighted by Gasteiger charge is -2.40. The Balaban J connectivity index is 1.50. The molecule has 30 heavy (non-hydrogen) atoms. The Morgan fingerprint density at radius 3 is 2.43 bits per heavy atom. The van der Waals surface area contributed by atoms with Crippen molar-refractivity contribution in [3.63, 3.8) is 0 Å². The van der Waals surface area contributed by atoms with Gasteiger partial charge in [-0.2, -0.15) is 5.26 Å². The number of fused-ring (bicyclic) bond motifs is 2. The summed E-state index contributed by atoms with van der Waals surface area (Å²) in [5.41, 5.74) is 0.314. The minimum absolute atomic E-state index is 0.105. The van der Waals surface area contributed by atoms with E-state index in [1.54, 1.807) is 13.1 Å². The van der Waals surface area contributed by atoms with E-state index in [4.69, 9.17) is 5.26 Å². The van der Waals surface area contributed by atoms with E-state index in [2.05, 4.69) is 20.6 Å². The van der Waals surface area contributed by atoms with Crippen molar-refractivity contribution in [2.75, 3.05) is 0 Å². The van der Waals surface area contributed by atoms with Crippen LogP contribution in [0.4, 0.5) is 4.39 Å². The van der Waals surface area contributed by atoms with Crippen molar-refractivity contribution in [2.24, 2.45) is 0 Å². The number of halogens is 1. The Morgan fingerprint density at radius 2 is 1.77 bits per heavy atom. The first kappa shape index (κ1) is 20.0. The zero-order valence-corrected chi connectivity index (χ0v) is 16.7. The van der Waals surface area contributed by atoms with Crippen molar-refractivity contribution < 1.29 is 14.0 Å². The maximum atomic E-state index is 13.7. The summed E-state index contributed by atoms with van der Waals surface area (Å²) in [7, 11) is 0. The summed E-state index contributed by atoms with van der Waals surface area (Å²) in [6.45, 7) is 1.78. The Kier molecular flexibility index (Phi) is 4.98. The first-order valence-corrected chi connectivity index (χ1v) is 9.97. The molecule has 2 bridgehead atoms. The molecule has 0 radical (unpaired) electrons. The van der Waals surface area contributed by atoms with Gasteiger partial charge >= 0.3 is 0 Å². The number of nitrogens with one attached hydrogen (secondary N) is 2. The molecule has 1 aromatic carbocycles. The second-order valence-electron chi connectivity index (χ2n) is 8.39. The number of aryl methyl sites for hydroxylation is 1. The van der Waals surface area contributed by atoms with Crippen LogP contribution in [0.25, 0.3) is 0 Å². The van der Waals surface area contributed by atoms with Crippen molar-refractivity contribution in [3.8, 4) is 6.07 Å². The number of rotatable bonds is 4. The molecule has 2 fully saturated rings. The molecule has 0 aliphatic heterocycles. The summed E-state index contributed by atoms with van der Waals surface area (Å²) in [6, 6.07) is 5.49. The smallest absolute Gasteiger partial charge is 0.271 e. The average molecular weight is 407 g/mol. The fourth-order valence-corrected chi connectivity index (χ4v) is 4.81. The minimum atomic E-state index is -0.618. The molecule has 2 aliphatic rings. The lowest BCUT2D eigenvalue weighted by Crippen LogP contribution is -2.55. The van der Waals surface area contributed by atoms with Crippen LogP contribution >= 0.6 is 0 Å². The summed E-state index contributed by atoms with van der Waals surface area (Å²) >= 11 is 0. The van der Waals surface area contributed by atoms with Gasteiger partial charge in [0.05, 0.1) is 23.5 Å². The zero-order chi connectivity index (χ0) is 21.4. The van der Waals surface area contributed by atoms with Crippen LogP contribution < -0.4 is 10.6 Å². The standard InChI is InChI=1S/C22H22FN5O2/c1-14-11-25-12-18(26-14)20(30)28-22-4-2-3-21(13-22,5-6-22)27-19(29)16-7-15(10-24)8-17(23)9-16/h7-9,11-12H,2-6,13H2,1H3,(H,27,29)(H,28,30)/t21-,22+/m1/s1. The van der Waals surface area contributed by atoms with Gasteiger partial charge in [-0.25, -0.2) is 9.37 Å². The number of carbonyl (C=O) groups is 2. The first-order valence-electron chi connectivity index (χ1n) is 9.97. The number of aromatic nitrogens is 2. The highest BCUT2D eigenvalue weighted by atomic mass is 19.1. The van der Waals surface area contributed by atoms with Gasteiger partial charge in [0.1, 0.15) is 11.5 Å². The minimum Gasteiger partial charge on any atom is -0.347 e. The summed E-state index contributed by atoms with van der Waals surface area (Å²) < 4.78 is 13.7. The normalized spacial score (nSPS) is 24.7. The third-order valence-corrected chi connectivity index (χ3v) is 6.10. The summed E-state index contributed by atoms with van der Waals surface area (Å²) in [5, 5.41) is 15.2. The van der Waals surface area contributed by atoms with E-state index in [-0.39, 0.29) is 22.7 Å². The highest BCUT2D eigenvalue weighted by molar-refractivity contribution is 5.95. The summed E-state index contributed by atoms with van der Waals surface area (Å²) in [6.07, 6.45) is 7.58. The molecule has 8 heteroatoms. The molecular formula is C22H22FN5O2. The van der Waals surface area contributed by atoms with Crippen molar-refractivity contribution in [1.82, 2.24) is 20.6 Å². The second kappa shape index (κ2) is 7.48. The van der Waals surface area contributed by atoms with Gasteiger partial charge in [-0.3, -0.25) is 14.6 Å². The number of hydrogen-bond acceptors (Lipinski definition) is 5. The van der Waals surface area contributed by atoms with E-state index in [1.165, 1.54) is 12.3 Å². The fraction of sp³-hybridized carbons (Fsp3) is 0.409. The third kappa shape index (κ3) is 3.88. The van der Waals surface area contributed by atoms with Crippen molar-refractivity contribution >= 4 is 11.8 Å². The molecule has 2 atom stereocenters. The SMILES string of the molecule is Cc1cncc(C(=O)N[C@@]23CCC[C@@](NC(=O)c4cc(F)cc(C#N)c4)(CC2)C3)n1. The van der Waals surface area contributed by atoms with Gasteiger partial charge in [0.15, 0.2) is 0 Å². The molecule has 1 aromatic heterocycles. The van der Waals surface area contributed by atoms with Crippen LogP contribution in [0, 0.1) is 24.1 Å². The molecule has 2 N–H and O–H groups in total. The molecule has 2 aromatic rings. The number of carbonyl (C=O) groups excluding carboxylic acids is 2. The lowest BCUT2D eigenvalue weighted by molar-refractivity contribution is 0.0829. The molecule has 0 spiro atoms. The van der Waals surface area contributed by atoms with Gasteiger partial charge in [0.2, 0.25) is 0 Å². The lowest BCUT2D eigenvalue weighted by atomic mass is 9.78. The molecule has 0 unspecified atom stereocenters. The maximum absolute atomic E-state index is 13.7. The number of amides is 2. The van der Waals surface area contributed by atoms with Crippen LogP contribution in [0.5, 0.6) is 0 Å². The summed E-state index contributed by atoms with van der Waals surface area (Å²) in [5.74, 6) is -1.29. The van der Waals surface area contributed by atoms with Crippen molar-refractivity contribution in [2.45, 2.75) is 56.5 Å².